The summed E-state index contributed by atoms with van der Waals surface area (Å²) in [5.41, 5.74) is 1.32. The van der Waals surface area contributed by atoms with Crippen molar-refractivity contribution < 1.29 is 9.53 Å². The van der Waals surface area contributed by atoms with Crippen molar-refractivity contribution in [1.82, 2.24) is 10.6 Å². The van der Waals surface area contributed by atoms with Crippen LogP contribution in [0.1, 0.15) is 30.7 Å². The molecule has 2 N–H and O–H groups in total. The summed E-state index contributed by atoms with van der Waals surface area (Å²) in [4.78, 5) is 11.5. The second kappa shape index (κ2) is 8.37. The molecule has 1 aliphatic rings. The third kappa shape index (κ3) is 5.30. The molecule has 0 aromatic heterocycles. The Morgan fingerprint density at radius 2 is 2.19 bits per heavy atom. The highest BCUT2D eigenvalue weighted by atomic mass is 35.5. The highest BCUT2D eigenvalue weighted by molar-refractivity contribution is 6.30. The molecule has 116 valence electrons. The molecule has 4 nitrogen and oxygen atoms in total. The van der Waals surface area contributed by atoms with Gasteiger partial charge in [-0.2, -0.15) is 0 Å². The Kier molecular flexibility index (Phi) is 6.49. The van der Waals surface area contributed by atoms with Crippen LogP contribution in [0.15, 0.2) is 24.3 Å². The maximum Gasteiger partial charge on any atom is 0.221 e. The van der Waals surface area contributed by atoms with Crippen LogP contribution >= 0.6 is 11.6 Å². The summed E-state index contributed by atoms with van der Waals surface area (Å²) < 4.78 is 4.88. The topological polar surface area (TPSA) is 50.4 Å². The molecule has 0 unspecified atom stereocenters. The van der Waals surface area contributed by atoms with Gasteiger partial charge in [-0.1, -0.05) is 23.7 Å². The third-order valence-corrected chi connectivity index (χ3v) is 4.11. The first-order chi connectivity index (χ1) is 10.2. The first-order valence-electron chi connectivity index (χ1n) is 7.43. The average Bonchev–Trinajstić information content (AvgIpc) is 2.41. The SMILES string of the molecule is COCCNC(=O)CCNC1CC(c2cccc(Cl)c2)C1. The van der Waals surface area contributed by atoms with Crippen molar-refractivity contribution in [3.05, 3.63) is 34.9 Å². The van der Waals surface area contributed by atoms with Crippen molar-refractivity contribution in [3.63, 3.8) is 0 Å². The van der Waals surface area contributed by atoms with Gasteiger partial charge in [0.2, 0.25) is 5.91 Å². The monoisotopic (exact) mass is 310 g/mol. The largest absolute Gasteiger partial charge is 0.383 e. The molecule has 1 amide bonds. The van der Waals surface area contributed by atoms with E-state index in [9.17, 15) is 4.79 Å². The summed E-state index contributed by atoms with van der Waals surface area (Å²) in [6.07, 6.45) is 2.75. The van der Waals surface area contributed by atoms with Crippen LogP contribution in [0.4, 0.5) is 0 Å². The Labute approximate surface area is 131 Å². The molecule has 1 fully saturated rings. The molecule has 0 saturated heterocycles. The van der Waals surface area contributed by atoms with Crippen LogP contribution in [0.3, 0.4) is 0 Å². The number of ether oxygens (including phenoxy) is 1. The Balaban J connectivity index is 1.57. The van der Waals surface area contributed by atoms with Crippen molar-refractivity contribution in [2.45, 2.75) is 31.2 Å². The molecule has 1 aromatic carbocycles. The van der Waals surface area contributed by atoms with Crippen molar-refractivity contribution >= 4 is 17.5 Å². The van der Waals surface area contributed by atoms with Gasteiger partial charge in [0, 0.05) is 37.7 Å². The quantitative estimate of drug-likeness (QED) is 0.725. The molecule has 1 saturated carbocycles. The van der Waals surface area contributed by atoms with Gasteiger partial charge in [-0.25, -0.2) is 0 Å². The Bertz CT molecular complexity index is 461. The summed E-state index contributed by atoms with van der Waals surface area (Å²) in [6.45, 7) is 1.87. The zero-order valence-corrected chi connectivity index (χ0v) is 13.2. The molecule has 1 aromatic rings. The molecule has 21 heavy (non-hydrogen) atoms. The molecule has 0 aliphatic heterocycles. The van der Waals surface area contributed by atoms with Gasteiger partial charge in [0.05, 0.1) is 6.61 Å². The lowest BCUT2D eigenvalue weighted by atomic mass is 9.76. The minimum absolute atomic E-state index is 0.0743. The molecule has 0 heterocycles. The molecular weight excluding hydrogens is 288 g/mol. The number of carbonyl (C=O) groups excluding carboxylic acids is 1. The molecule has 0 radical (unpaired) electrons. The average molecular weight is 311 g/mol. The number of carbonyl (C=O) groups is 1. The molecule has 1 aliphatic carbocycles. The standard InChI is InChI=1S/C16H23ClN2O2/c1-21-8-7-19-16(20)5-6-18-15-10-13(11-15)12-3-2-4-14(17)9-12/h2-4,9,13,15,18H,5-8,10-11H2,1H3,(H,19,20). The Hall–Kier alpha value is -1.10. The second-order valence-electron chi connectivity index (χ2n) is 5.47. The van der Waals surface area contributed by atoms with Crippen LogP contribution in [0.5, 0.6) is 0 Å². The van der Waals surface area contributed by atoms with Crippen LogP contribution in [-0.4, -0.2) is 38.8 Å². The molecule has 0 spiro atoms. The number of nitrogens with one attached hydrogen (secondary N) is 2. The molecule has 2 rings (SSSR count). The van der Waals surface area contributed by atoms with Gasteiger partial charge < -0.3 is 15.4 Å². The van der Waals surface area contributed by atoms with Gasteiger partial charge in [-0.15, -0.1) is 0 Å². The minimum Gasteiger partial charge on any atom is -0.383 e. The number of hydrogen-bond donors (Lipinski definition) is 2. The van der Waals surface area contributed by atoms with Crippen molar-refractivity contribution in [2.75, 3.05) is 26.8 Å². The van der Waals surface area contributed by atoms with E-state index in [2.05, 4.69) is 16.7 Å². The minimum atomic E-state index is 0.0743. The lowest BCUT2D eigenvalue weighted by Gasteiger charge is -2.36. The highest BCUT2D eigenvalue weighted by Crippen LogP contribution is 2.37. The first kappa shape index (κ1) is 16.3. The first-order valence-corrected chi connectivity index (χ1v) is 7.81. The van der Waals surface area contributed by atoms with Crippen LogP contribution in [0.2, 0.25) is 5.02 Å². The van der Waals surface area contributed by atoms with E-state index in [1.54, 1.807) is 7.11 Å². The number of rotatable bonds is 8. The fourth-order valence-electron chi connectivity index (χ4n) is 2.59. The fourth-order valence-corrected chi connectivity index (χ4v) is 2.79. The number of amides is 1. The molecule has 0 atom stereocenters. The van der Waals surface area contributed by atoms with E-state index in [-0.39, 0.29) is 5.91 Å². The van der Waals surface area contributed by atoms with Crippen molar-refractivity contribution in [1.29, 1.82) is 0 Å². The van der Waals surface area contributed by atoms with Gasteiger partial charge in [0.25, 0.3) is 0 Å². The summed E-state index contributed by atoms with van der Waals surface area (Å²) in [7, 11) is 1.63. The predicted octanol–water partition coefficient (Wildman–Crippen LogP) is 2.33. The van der Waals surface area contributed by atoms with E-state index in [4.69, 9.17) is 16.3 Å². The van der Waals surface area contributed by atoms with E-state index in [0.29, 0.717) is 31.5 Å². The molecule has 0 bridgehead atoms. The predicted molar refractivity (Wildman–Crippen MR) is 84.7 cm³/mol. The van der Waals surface area contributed by atoms with E-state index in [1.165, 1.54) is 5.56 Å². The smallest absolute Gasteiger partial charge is 0.221 e. The zero-order chi connectivity index (χ0) is 15.1. The van der Waals surface area contributed by atoms with Gasteiger partial charge in [-0.3, -0.25) is 4.79 Å². The number of benzene rings is 1. The van der Waals surface area contributed by atoms with Crippen LogP contribution < -0.4 is 10.6 Å². The Morgan fingerprint density at radius 3 is 2.90 bits per heavy atom. The molecule has 5 heteroatoms. The van der Waals surface area contributed by atoms with Gasteiger partial charge >= 0.3 is 0 Å². The van der Waals surface area contributed by atoms with Crippen molar-refractivity contribution in [3.8, 4) is 0 Å². The van der Waals surface area contributed by atoms with Gasteiger partial charge in [0.15, 0.2) is 0 Å². The van der Waals surface area contributed by atoms with Crippen LogP contribution in [-0.2, 0) is 9.53 Å². The Morgan fingerprint density at radius 1 is 1.38 bits per heavy atom. The second-order valence-corrected chi connectivity index (χ2v) is 5.90. The number of methoxy groups -OCH3 is 1. The van der Waals surface area contributed by atoms with Gasteiger partial charge in [-0.05, 0) is 36.5 Å². The van der Waals surface area contributed by atoms with E-state index in [1.807, 2.05) is 18.2 Å². The van der Waals surface area contributed by atoms with E-state index < -0.39 is 0 Å². The van der Waals surface area contributed by atoms with E-state index in [0.717, 1.165) is 24.4 Å². The van der Waals surface area contributed by atoms with E-state index >= 15 is 0 Å². The summed E-state index contributed by atoms with van der Waals surface area (Å²) in [6, 6.07) is 8.60. The number of hydrogen-bond acceptors (Lipinski definition) is 3. The number of halogens is 1. The van der Waals surface area contributed by atoms with Crippen LogP contribution in [0, 0.1) is 0 Å². The normalized spacial score (nSPS) is 20.9. The summed E-state index contributed by atoms with van der Waals surface area (Å²) in [5, 5.41) is 7.05. The van der Waals surface area contributed by atoms with Crippen LogP contribution in [0.25, 0.3) is 0 Å². The fraction of sp³-hybridized carbons (Fsp3) is 0.562. The van der Waals surface area contributed by atoms with Gasteiger partial charge in [0.1, 0.15) is 0 Å². The maximum absolute atomic E-state index is 11.5. The zero-order valence-electron chi connectivity index (χ0n) is 12.4. The lowest BCUT2D eigenvalue weighted by Crippen LogP contribution is -2.41. The summed E-state index contributed by atoms with van der Waals surface area (Å²) >= 11 is 6.01. The highest BCUT2D eigenvalue weighted by Gasteiger charge is 2.29. The maximum atomic E-state index is 11.5. The lowest BCUT2D eigenvalue weighted by molar-refractivity contribution is -0.121. The van der Waals surface area contributed by atoms with Crippen molar-refractivity contribution in [2.24, 2.45) is 0 Å². The third-order valence-electron chi connectivity index (χ3n) is 3.87. The molecular formula is C16H23ClN2O2. The summed E-state index contributed by atoms with van der Waals surface area (Å²) in [5.74, 6) is 0.669.